The number of halogens is 1. The van der Waals surface area contributed by atoms with Crippen molar-refractivity contribution in [2.24, 2.45) is 0 Å². The molecule has 0 aliphatic heterocycles. The molecule has 0 aliphatic carbocycles. The summed E-state index contributed by atoms with van der Waals surface area (Å²) in [7, 11) is 0. The zero-order valence-corrected chi connectivity index (χ0v) is 10.7. The molecule has 17 heavy (non-hydrogen) atoms. The highest BCUT2D eigenvalue weighted by molar-refractivity contribution is 9.10. The Kier molecular flexibility index (Phi) is 3.14. The number of carbonyl (C=O) groups excluding carboxylic acids is 1. The molecule has 0 saturated heterocycles. The number of hydrogen-bond acceptors (Lipinski definition) is 3. The predicted molar refractivity (Wildman–Crippen MR) is 69.8 cm³/mol. The van der Waals surface area contributed by atoms with Crippen molar-refractivity contribution in [3.05, 3.63) is 40.0 Å². The van der Waals surface area contributed by atoms with E-state index in [4.69, 9.17) is 5.73 Å². The fourth-order valence-electron chi connectivity index (χ4n) is 1.37. The van der Waals surface area contributed by atoms with E-state index >= 15 is 0 Å². The van der Waals surface area contributed by atoms with Gasteiger partial charge in [0.05, 0.1) is 0 Å². The monoisotopic (exact) mass is 294 g/mol. The van der Waals surface area contributed by atoms with Gasteiger partial charge in [-0.05, 0) is 30.7 Å². The van der Waals surface area contributed by atoms with Crippen molar-refractivity contribution in [2.75, 3.05) is 11.1 Å². The SMILES string of the molecule is Cc1cc(NC(=O)c2cc(N)n[nH]2)ccc1Br. The minimum atomic E-state index is -0.268. The van der Waals surface area contributed by atoms with Crippen LogP contribution in [0.3, 0.4) is 0 Å². The average Bonchev–Trinajstić information content (AvgIpc) is 2.70. The molecule has 5 nitrogen and oxygen atoms in total. The zero-order chi connectivity index (χ0) is 12.4. The Hall–Kier alpha value is -1.82. The molecule has 0 radical (unpaired) electrons. The molecule has 0 aliphatic rings. The summed E-state index contributed by atoms with van der Waals surface area (Å²) in [6.07, 6.45) is 0. The van der Waals surface area contributed by atoms with Gasteiger partial charge in [0.2, 0.25) is 0 Å². The van der Waals surface area contributed by atoms with Crippen molar-refractivity contribution < 1.29 is 4.79 Å². The quantitative estimate of drug-likeness (QED) is 0.795. The highest BCUT2D eigenvalue weighted by atomic mass is 79.9. The van der Waals surface area contributed by atoms with Crippen molar-refractivity contribution in [1.82, 2.24) is 10.2 Å². The van der Waals surface area contributed by atoms with Crippen LogP contribution in [0.25, 0.3) is 0 Å². The van der Waals surface area contributed by atoms with Gasteiger partial charge in [-0.1, -0.05) is 15.9 Å². The Morgan fingerprint density at radius 3 is 2.82 bits per heavy atom. The third kappa shape index (κ3) is 2.65. The second kappa shape index (κ2) is 4.58. The molecule has 0 saturated carbocycles. The molecule has 4 N–H and O–H groups in total. The van der Waals surface area contributed by atoms with E-state index in [1.54, 1.807) is 0 Å². The first-order valence-corrected chi connectivity index (χ1v) is 5.74. The molecule has 1 amide bonds. The first kappa shape index (κ1) is 11.7. The zero-order valence-electron chi connectivity index (χ0n) is 9.12. The summed E-state index contributed by atoms with van der Waals surface area (Å²) in [4.78, 5) is 11.8. The molecule has 1 aromatic carbocycles. The van der Waals surface area contributed by atoms with Crippen LogP contribution in [0.5, 0.6) is 0 Å². The Bertz CT molecular complexity index is 564. The van der Waals surface area contributed by atoms with Gasteiger partial charge < -0.3 is 11.1 Å². The number of aryl methyl sites for hydroxylation is 1. The van der Waals surface area contributed by atoms with Crippen molar-refractivity contribution in [2.45, 2.75) is 6.92 Å². The number of benzene rings is 1. The fourth-order valence-corrected chi connectivity index (χ4v) is 1.62. The first-order valence-electron chi connectivity index (χ1n) is 4.94. The van der Waals surface area contributed by atoms with Gasteiger partial charge in [-0.3, -0.25) is 9.89 Å². The molecule has 0 atom stereocenters. The second-order valence-electron chi connectivity index (χ2n) is 3.62. The number of nitrogens with two attached hydrogens (primary N) is 1. The van der Waals surface area contributed by atoms with E-state index in [0.717, 1.165) is 15.7 Å². The standard InChI is InChI=1S/C11H11BrN4O/c1-6-4-7(2-3-8(6)12)14-11(17)9-5-10(13)16-15-9/h2-5H,1H3,(H,14,17)(H3,13,15,16). The number of anilines is 2. The topological polar surface area (TPSA) is 83.8 Å². The highest BCUT2D eigenvalue weighted by Gasteiger charge is 2.09. The molecule has 0 bridgehead atoms. The molecule has 0 unspecified atom stereocenters. The summed E-state index contributed by atoms with van der Waals surface area (Å²) in [6, 6.07) is 7.06. The number of rotatable bonds is 2. The highest BCUT2D eigenvalue weighted by Crippen LogP contribution is 2.20. The van der Waals surface area contributed by atoms with E-state index in [2.05, 4.69) is 31.4 Å². The third-order valence-corrected chi connectivity index (χ3v) is 3.15. The summed E-state index contributed by atoms with van der Waals surface area (Å²) in [5.74, 6) is 0.0260. The van der Waals surface area contributed by atoms with Crippen LogP contribution in [-0.4, -0.2) is 16.1 Å². The van der Waals surface area contributed by atoms with E-state index in [0.29, 0.717) is 11.5 Å². The lowest BCUT2D eigenvalue weighted by molar-refractivity contribution is 0.102. The molecular formula is C11H11BrN4O. The van der Waals surface area contributed by atoms with Crippen molar-refractivity contribution >= 4 is 33.3 Å². The van der Waals surface area contributed by atoms with E-state index < -0.39 is 0 Å². The molecule has 1 heterocycles. The number of H-pyrrole nitrogens is 1. The molecule has 2 rings (SSSR count). The van der Waals surface area contributed by atoms with Gasteiger partial charge in [0, 0.05) is 16.2 Å². The smallest absolute Gasteiger partial charge is 0.273 e. The van der Waals surface area contributed by atoms with Crippen LogP contribution in [-0.2, 0) is 0 Å². The van der Waals surface area contributed by atoms with Crippen molar-refractivity contribution in [3.8, 4) is 0 Å². The number of aromatic amines is 1. The number of nitrogens with zero attached hydrogens (tertiary/aromatic N) is 1. The van der Waals surface area contributed by atoms with Crippen LogP contribution in [0, 0.1) is 6.92 Å². The normalized spacial score (nSPS) is 10.2. The Labute approximate surface area is 107 Å². The predicted octanol–water partition coefficient (Wildman–Crippen LogP) is 2.32. The Balaban J connectivity index is 2.15. The van der Waals surface area contributed by atoms with Gasteiger partial charge in [0.1, 0.15) is 11.5 Å². The van der Waals surface area contributed by atoms with Crippen LogP contribution >= 0.6 is 15.9 Å². The van der Waals surface area contributed by atoms with Crippen molar-refractivity contribution in [1.29, 1.82) is 0 Å². The lowest BCUT2D eigenvalue weighted by Gasteiger charge is -2.05. The Morgan fingerprint density at radius 2 is 2.24 bits per heavy atom. The van der Waals surface area contributed by atoms with E-state index in [1.807, 2.05) is 25.1 Å². The van der Waals surface area contributed by atoms with Crippen LogP contribution in [0.4, 0.5) is 11.5 Å². The number of amides is 1. The summed E-state index contributed by atoms with van der Waals surface area (Å²) in [6.45, 7) is 1.95. The summed E-state index contributed by atoms with van der Waals surface area (Å²) in [5.41, 5.74) is 7.54. The van der Waals surface area contributed by atoms with Crippen LogP contribution in [0.1, 0.15) is 16.1 Å². The largest absolute Gasteiger partial charge is 0.382 e. The van der Waals surface area contributed by atoms with Gasteiger partial charge in [0.15, 0.2) is 0 Å². The Morgan fingerprint density at radius 1 is 1.47 bits per heavy atom. The average molecular weight is 295 g/mol. The maximum absolute atomic E-state index is 11.8. The van der Waals surface area contributed by atoms with Crippen LogP contribution in [0.15, 0.2) is 28.7 Å². The fraction of sp³-hybridized carbons (Fsp3) is 0.0909. The molecule has 1 aromatic heterocycles. The van der Waals surface area contributed by atoms with Gasteiger partial charge in [-0.2, -0.15) is 5.10 Å². The molecule has 6 heteroatoms. The molecule has 0 fully saturated rings. The summed E-state index contributed by atoms with van der Waals surface area (Å²) in [5, 5.41) is 9.00. The molecule has 88 valence electrons. The van der Waals surface area contributed by atoms with E-state index in [1.165, 1.54) is 6.07 Å². The van der Waals surface area contributed by atoms with Crippen LogP contribution in [0.2, 0.25) is 0 Å². The molecule has 2 aromatic rings. The van der Waals surface area contributed by atoms with Crippen molar-refractivity contribution in [3.63, 3.8) is 0 Å². The van der Waals surface area contributed by atoms with E-state index in [9.17, 15) is 4.79 Å². The maximum Gasteiger partial charge on any atom is 0.273 e. The number of nitrogens with one attached hydrogen (secondary N) is 2. The number of hydrogen-bond donors (Lipinski definition) is 3. The summed E-state index contributed by atoms with van der Waals surface area (Å²) >= 11 is 3.40. The van der Waals surface area contributed by atoms with Gasteiger partial charge in [0.25, 0.3) is 5.91 Å². The number of nitrogen functional groups attached to an aromatic ring is 1. The van der Waals surface area contributed by atoms with E-state index in [-0.39, 0.29) is 5.91 Å². The minimum Gasteiger partial charge on any atom is -0.382 e. The number of aromatic nitrogens is 2. The minimum absolute atomic E-state index is 0.268. The molecule has 0 spiro atoms. The first-order chi connectivity index (χ1) is 8.06. The number of carbonyl (C=O) groups is 1. The van der Waals surface area contributed by atoms with Gasteiger partial charge in [-0.25, -0.2) is 0 Å². The lowest BCUT2D eigenvalue weighted by atomic mass is 10.2. The summed E-state index contributed by atoms with van der Waals surface area (Å²) < 4.78 is 1.00. The lowest BCUT2D eigenvalue weighted by Crippen LogP contribution is -2.12. The third-order valence-electron chi connectivity index (χ3n) is 2.26. The van der Waals surface area contributed by atoms with Gasteiger partial charge in [-0.15, -0.1) is 0 Å². The van der Waals surface area contributed by atoms with Crippen LogP contribution < -0.4 is 11.1 Å². The van der Waals surface area contributed by atoms with Gasteiger partial charge >= 0.3 is 0 Å². The molecular weight excluding hydrogens is 284 g/mol. The maximum atomic E-state index is 11.8. The second-order valence-corrected chi connectivity index (χ2v) is 4.48.